The number of benzene rings is 3. The van der Waals surface area contributed by atoms with Crippen molar-refractivity contribution in [3.8, 4) is 5.75 Å². The van der Waals surface area contributed by atoms with E-state index in [1.54, 1.807) is 7.11 Å². The number of rotatable bonds is 3. The number of H-pyrrole nitrogens is 1. The van der Waals surface area contributed by atoms with Gasteiger partial charge in [-0.1, -0.05) is 39.7 Å². The van der Waals surface area contributed by atoms with Crippen LogP contribution in [-0.4, -0.2) is 41.5 Å². The van der Waals surface area contributed by atoms with Crippen molar-refractivity contribution in [3.63, 3.8) is 0 Å². The maximum absolute atomic E-state index is 6.20. The van der Waals surface area contributed by atoms with Gasteiger partial charge in [-0.15, -0.1) is 0 Å². The largest absolute Gasteiger partial charge is 0.497 e. The van der Waals surface area contributed by atoms with Gasteiger partial charge in [0.05, 0.1) is 25.8 Å². The second kappa shape index (κ2) is 9.13. The molecule has 6 rings (SSSR count). The molecule has 1 saturated heterocycles. The van der Waals surface area contributed by atoms with Gasteiger partial charge in [0.1, 0.15) is 12.5 Å². The van der Waals surface area contributed by atoms with E-state index >= 15 is 0 Å². The lowest BCUT2D eigenvalue weighted by Gasteiger charge is -2.44. The normalized spacial score (nSPS) is 19.9. The van der Waals surface area contributed by atoms with Crippen molar-refractivity contribution < 1.29 is 9.47 Å². The lowest BCUT2D eigenvalue weighted by molar-refractivity contribution is 0.0950. The Labute approximate surface area is 222 Å². The number of thiocarbonyl (C=S) groups is 1. The molecule has 1 N–H and O–H groups in total. The third-order valence-corrected chi connectivity index (χ3v) is 8.01. The van der Waals surface area contributed by atoms with Crippen LogP contribution in [0.3, 0.4) is 0 Å². The van der Waals surface area contributed by atoms with E-state index in [1.807, 2.05) is 41.3 Å². The zero-order chi connectivity index (χ0) is 24.1. The van der Waals surface area contributed by atoms with Crippen molar-refractivity contribution >= 4 is 61.5 Å². The van der Waals surface area contributed by atoms with Crippen LogP contribution in [0.1, 0.15) is 22.9 Å². The number of ether oxygens (including phenoxy) is 2. The lowest BCUT2D eigenvalue weighted by Crippen LogP contribution is -2.52. The second-order valence-electron chi connectivity index (χ2n) is 8.83. The van der Waals surface area contributed by atoms with E-state index in [9.17, 15) is 0 Å². The number of nitrogens with one attached hydrogen (secondary N) is 1. The van der Waals surface area contributed by atoms with Gasteiger partial charge in [-0.25, -0.2) is 0 Å². The van der Waals surface area contributed by atoms with Crippen molar-refractivity contribution in [1.82, 2.24) is 9.88 Å². The van der Waals surface area contributed by atoms with Gasteiger partial charge in [-0.3, -0.25) is 4.90 Å². The van der Waals surface area contributed by atoms with Crippen LogP contribution < -0.4 is 9.64 Å². The van der Waals surface area contributed by atoms with Gasteiger partial charge in [-0.2, -0.15) is 0 Å². The average molecular weight is 569 g/mol. The van der Waals surface area contributed by atoms with Crippen molar-refractivity contribution in [2.24, 2.45) is 0 Å². The number of fused-ring (bicyclic) bond motifs is 4. The molecule has 0 spiro atoms. The predicted octanol–water partition coefficient (Wildman–Crippen LogP) is 6.69. The van der Waals surface area contributed by atoms with Crippen LogP contribution in [0.2, 0.25) is 5.02 Å². The Morgan fingerprint density at radius 2 is 1.86 bits per heavy atom. The molecule has 0 radical (unpaired) electrons. The summed E-state index contributed by atoms with van der Waals surface area (Å²) in [6.45, 7) is 0.972. The number of hydrogen-bond acceptors (Lipinski definition) is 3. The monoisotopic (exact) mass is 567 g/mol. The molecule has 0 bridgehead atoms. The first kappa shape index (κ1) is 22.9. The molecule has 35 heavy (non-hydrogen) atoms. The molecule has 1 fully saturated rings. The molecular formula is C27H23BrClN3O2S. The van der Waals surface area contributed by atoms with Gasteiger partial charge in [0.15, 0.2) is 5.11 Å². The Morgan fingerprint density at radius 1 is 1.09 bits per heavy atom. The lowest BCUT2D eigenvalue weighted by atomic mass is 9.88. The van der Waals surface area contributed by atoms with Gasteiger partial charge in [0.2, 0.25) is 0 Å². The number of nitrogens with zero attached hydrogens (tertiary/aromatic N) is 2. The highest BCUT2D eigenvalue weighted by Gasteiger charge is 2.42. The minimum atomic E-state index is -0.0927. The number of methoxy groups -OCH3 is 1. The van der Waals surface area contributed by atoms with E-state index in [2.05, 4.69) is 56.1 Å². The van der Waals surface area contributed by atoms with Crippen LogP contribution in [-0.2, 0) is 11.2 Å². The third-order valence-electron chi connectivity index (χ3n) is 6.84. The van der Waals surface area contributed by atoms with E-state index < -0.39 is 0 Å². The summed E-state index contributed by atoms with van der Waals surface area (Å²) in [6, 6.07) is 22.4. The Hall–Kier alpha value is -2.58. The fourth-order valence-corrected chi connectivity index (χ4v) is 6.08. The molecule has 8 heteroatoms. The van der Waals surface area contributed by atoms with Gasteiger partial charge in [0, 0.05) is 31.8 Å². The highest BCUT2D eigenvalue weighted by Crippen LogP contribution is 2.43. The smallest absolute Gasteiger partial charge is 0.179 e. The highest BCUT2D eigenvalue weighted by atomic mass is 79.9. The summed E-state index contributed by atoms with van der Waals surface area (Å²) in [6.07, 6.45) is 0.840. The Morgan fingerprint density at radius 3 is 2.60 bits per heavy atom. The molecule has 2 aliphatic rings. The summed E-state index contributed by atoms with van der Waals surface area (Å²) in [5.41, 5.74) is 5.70. The SMILES string of the molecule is COc1ccc(C2c3[nH]c4ccc(Br)cc4c3CC3COCN(c4ccc(Cl)cc4)C(=S)N32)cc1. The van der Waals surface area contributed by atoms with E-state index in [4.69, 9.17) is 33.3 Å². The first-order valence-electron chi connectivity index (χ1n) is 11.4. The minimum Gasteiger partial charge on any atom is -0.497 e. The first-order chi connectivity index (χ1) is 17.0. The summed E-state index contributed by atoms with van der Waals surface area (Å²) in [5, 5.41) is 2.66. The minimum absolute atomic E-state index is 0.0927. The van der Waals surface area contributed by atoms with Gasteiger partial charge < -0.3 is 19.4 Å². The van der Waals surface area contributed by atoms with E-state index in [1.165, 1.54) is 16.6 Å². The van der Waals surface area contributed by atoms with Crippen LogP contribution in [0, 0.1) is 0 Å². The number of anilines is 1. The van der Waals surface area contributed by atoms with Gasteiger partial charge in [-0.05, 0) is 84.4 Å². The number of halogens is 2. The van der Waals surface area contributed by atoms with Gasteiger partial charge in [0.25, 0.3) is 0 Å². The maximum atomic E-state index is 6.20. The molecule has 5 nitrogen and oxygen atoms in total. The van der Waals surface area contributed by atoms with E-state index in [0.29, 0.717) is 18.4 Å². The fraction of sp³-hybridized carbons (Fsp3) is 0.222. The maximum Gasteiger partial charge on any atom is 0.179 e. The summed E-state index contributed by atoms with van der Waals surface area (Å²) in [4.78, 5) is 8.11. The fourth-order valence-electron chi connectivity index (χ4n) is 5.18. The Kier molecular flexibility index (Phi) is 5.96. The van der Waals surface area contributed by atoms with Crippen LogP contribution >= 0.6 is 39.7 Å². The predicted molar refractivity (Wildman–Crippen MR) is 148 cm³/mol. The summed E-state index contributed by atoms with van der Waals surface area (Å²) < 4.78 is 12.7. The highest BCUT2D eigenvalue weighted by molar-refractivity contribution is 9.10. The van der Waals surface area contributed by atoms with E-state index in [-0.39, 0.29) is 12.1 Å². The first-order valence-corrected chi connectivity index (χ1v) is 13.0. The topological polar surface area (TPSA) is 40.7 Å². The summed E-state index contributed by atoms with van der Waals surface area (Å²) in [5.74, 6) is 0.825. The molecule has 2 atom stereocenters. The average Bonchev–Trinajstić information content (AvgIpc) is 3.14. The number of aromatic nitrogens is 1. The van der Waals surface area contributed by atoms with Crippen LogP contribution in [0.4, 0.5) is 5.69 Å². The van der Waals surface area contributed by atoms with Crippen molar-refractivity contribution in [2.45, 2.75) is 18.5 Å². The second-order valence-corrected chi connectivity index (χ2v) is 10.6. The third kappa shape index (κ3) is 4.00. The molecule has 0 amide bonds. The Bertz CT molecular complexity index is 1410. The standard InChI is InChI=1S/C27H23BrClN3O2S/c1-33-21-9-2-16(3-10-21)26-25-23(22-12-17(28)4-11-24(22)30-25)13-20-14-34-15-31(27(35)32(20)26)19-7-5-18(29)6-8-19/h2-12,20,26,30H,13-15H2,1H3. The molecular weight excluding hydrogens is 546 g/mol. The molecule has 3 heterocycles. The molecule has 178 valence electrons. The van der Waals surface area contributed by atoms with Crippen LogP contribution in [0.5, 0.6) is 5.75 Å². The molecule has 2 unspecified atom stereocenters. The molecule has 2 aliphatic heterocycles. The van der Waals surface area contributed by atoms with Crippen molar-refractivity contribution in [3.05, 3.63) is 93.0 Å². The quantitative estimate of drug-likeness (QED) is 0.279. The molecule has 0 aliphatic carbocycles. The van der Waals surface area contributed by atoms with Crippen molar-refractivity contribution in [1.29, 1.82) is 0 Å². The zero-order valence-electron chi connectivity index (χ0n) is 19.0. The summed E-state index contributed by atoms with van der Waals surface area (Å²) in [7, 11) is 1.69. The van der Waals surface area contributed by atoms with Crippen LogP contribution in [0.25, 0.3) is 10.9 Å². The molecule has 1 aromatic heterocycles. The zero-order valence-corrected chi connectivity index (χ0v) is 22.2. The van der Waals surface area contributed by atoms with Gasteiger partial charge >= 0.3 is 0 Å². The number of hydrogen-bond donors (Lipinski definition) is 1. The van der Waals surface area contributed by atoms with Crippen molar-refractivity contribution in [2.75, 3.05) is 25.3 Å². The number of aromatic amines is 1. The summed E-state index contributed by atoms with van der Waals surface area (Å²) >= 11 is 16.0. The van der Waals surface area contributed by atoms with Crippen LogP contribution in [0.15, 0.2) is 71.2 Å². The molecule has 3 aromatic carbocycles. The van der Waals surface area contributed by atoms with E-state index in [0.717, 1.165) is 38.5 Å². The molecule has 4 aromatic rings. The Balaban J connectivity index is 1.51. The molecule has 0 saturated carbocycles.